The third-order valence-electron chi connectivity index (χ3n) is 5.12. The monoisotopic (exact) mass is 360 g/mol. The van der Waals surface area contributed by atoms with Gasteiger partial charge in [0.15, 0.2) is 0 Å². The van der Waals surface area contributed by atoms with Gasteiger partial charge in [0.05, 0.1) is 0 Å². The second-order valence-corrected chi connectivity index (χ2v) is 7.11. The molecule has 4 aromatic carbocycles. The number of rotatable bonds is 6. The lowest BCUT2D eigenvalue weighted by Crippen LogP contribution is -1.94. The number of fused-ring (bicyclic) bond motifs is 1. The normalized spacial score (nSPS) is 11.5. The Balaban J connectivity index is 1.61. The van der Waals surface area contributed by atoms with E-state index in [1.165, 1.54) is 38.6 Å². The molecule has 0 N–H and O–H groups in total. The molecule has 0 spiro atoms. The molecule has 136 valence electrons. The van der Waals surface area contributed by atoms with Crippen LogP contribution in [0.25, 0.3) is 16.3 Å². The fourth-order valence-electron chi connectivity index (χ4n) is 3.79. The van der Waals surface area contributed by atoms with Crippen LogP contribution in [-0.4, -0.2) is 0 Å². The Morgan fingerprint density at radius 1 is 0.714 bits per heavy atom. The van der Waals surface area contributed by atoms with E-state index in [1.807, 2.05) is 6.08 Å². The van der Waals surface area contributed by atoms with Crippen molar-refractivity contribution < 1.29 is 0 Å². The molecule has 0 amide bonds. The van der Waals surface area contributed by atoms with Crippen LogP contribution >= 0.6 is 0 Å². The zero-order valence-corrected chi connectivity index (χ0v) is 16.0. The number of allylic oxidation sites excluding steroid dienone is 3. The van der Waals surface area contributed by atoms with Crippen LogP contribution in [0.2, 0.25) is 0 Å². The third-order valence-corrected chi connectivity index (χ3v) is 5.12. The van der Waals surface area contributed by atoms with Gasteiger partial charge in [0, 0.05) is 0 Å². The Morgan fingerprint density at radius 2 is 1.43 bits per heavy atom. The van der Waals surface area contributed by atoms with E-state index in [2.05, 4.69) is 110 Å². The molecule has 0 aromatic heterocycles. The third kappa shape index (κ3) is 4.13. The van der Waals surface area contributed by atoms with Gasteiger partial charge < -0.3 is 0 Å². The number of hydrogen-bond acceptors (Lipinski definition) is 0. The van der Waals surface area contributed by atoms with Crippen LogP contribution in [0.3, 0.4) is 0 Å². The second-order valence-electron chi connectivity index (χ2n) is 7.11. The largest absolute Gasteiger partial charge is 0.0991 e. The molecule has 0 nitrogen and oxygen atoms in total. The van der Waals surface area contributed by atoms with E-state index >= 15 is 0 Å². The van der Waals surface area contributed by atoms with Gasteiger partial charge in [-0.15, -0.1) is 0 Å². The van der Waals surface area contributed by atoms with Crippen LogP contribution in [-0.2, 0) is 12.8 Å². The predicted octanol–water partition coefficient (Wildman–Crippen LogP) is 7.24. The smallest absolute Gasteiger partial charge is 0.00195 e. The first-order valence-electron chi connectivity index (χ1n) is 9.75. The Morgan fingerprint density at radius 3 is 2.29 bits per heavy atom. The van der Waals surface area contributed by atoms with Gasteiger partial charge in [-0.1, -0.05) is 116 Å². The van der Waals surface area contributed by atoms with Crippen molar-refractivity contribution in [1.29, 1.82) is 0 Å². The maximum Gasteiger partial charge on any atom is -0.00195 e. The molecule has 0 saturated heterocycles. The molecule has 0 heteroatoms. The summed E-state index contributed by atoms with van der Waals surface area (Å²) in [6, 6.07) is 34.7. The molecule has 0 bridgehead atoms. The van der Waals surface area contributed by atoms with E-state index in [-0.39, 0.29) is 0 Å². The van der Waals surface area contributed by atoms with E-state index in [1.54, 1.807) is 0 Å². The van der Waals surface area contributed by atoms with Gasteiger partial charge in [-0.3, -0.25) is 0 Å². The lowest BCUT2D eigenvalue weighted by Gasteiger charge is -2.11. The first-order chi connectivity index (χ1) is 13.8. The quantitative estimate of drug-likeness (QED) is 0.318. The van der Waals surface area contributed by atoms with Crippen molar-refractivity contribution >= 4 is 16.3 Å². The van der Waals surface area contributed by atoms with Crippen molar-refractivity contribution in [1.82, 2.24) is 0 Å². The van der Waals surface area contributed by atoms with Crippen LogP contribution in [0, 0.1) is 0 Å². The average Bonchev–Trinajstić information content (AvgIpc) is 2.75. The van der Waals surface area contributed by atoms with Crippen molar-refractivity contribution in [2.24, 2.45) is 0 Å². The SMILES string of the molecule is C=C/C=C(/Cc1cccc(Cc2cccc3ccccc23)c1)c1ccccc1. The van der Waals surface area contributed by atoms with E-state index in [0.29, 0.717) is 0 Å². The molecule has 4 rings (SSSR count). The maximum atomic E-state index is 3.89. The summed E-state index contributed by atoms with van der Waals surface area (Å²) in [5.41, 5.74) is 6.59. The highest BCUT2D eigenvalue weighted by molar-refractivity contribution is 5.86. The van der Waals surface area contributed by atoms with Gasteiger partial charge in [0.1, 0.15) is 0 Å². The van der Waals surface area contributed by atoms with Crippen molar-refractivity contribution in [3.8, 4) is 0 Å². The lowest BCUT2D eigenvalue weighted by atomic mass is 9.94. The van der Waals surface area contributed by atoms with Crippen LogP contribution in [0.15, 0.2) is 116 Å². The molecule has 0 aliphatic rings. The van der Waals surface area contributed by atoms with Gasteiger partial charge in [-0.2, -0.15) is 0 Å². The number of hydrogen-bond donors (Lipinski definition) is 0. The Hall–Kier alpha value is -3.38. The molecular formula is C28H24. The first kappa shape index (κ1) is 18.0. The molecule has 0 fully saturated rings. The van der Waals surface area contributed by atoms with Crippen molar-refractivity contribution in [3.63, 3.8) is 0 Å². The van der Waals surface area contributed by atoms with E-state index < -0.39 is 0 Å². The lowest BCUT2D eigenvalue weighted by molar-refractivity contribution is 1.18. The molecule has 0 radical (unpaired) electrons. The zero-order valence-electron chi connectivity index (χ0n) is 16.0. The van der Waals surface area contributed by atoms with E-state index in [4.69, 9.17) is 0 Å². The van der Waals surface area contributed by atoms with Crippen LogP contribution < -0.4 is 0 Å². The van der Waals surface area contributed by atoms with Crippen molar-refractivity contribution in [2.45, 2.75) is 12.8 Å². The molecule has 0 aliphatic carbocycles. The topological polar surface area (TPSA) is 0 Å². The zero-order chi connectivity index (χ0) is 19.2. The summed E-state index contributed by atoms with van der Waals surface area (Å²) in [6.45, 7) is 3.89. The molecule has 0 aliphatic heterocycles. The summed E-state index contributed by atoms with van der Waals surface area (Å²) in [4.78, 5) is 0. The molecule has 4 aromatic rings. The predicted molar refractivity (Wildman–Crippen MR) is 122 cm³/mol. The van der Waals surface area contributed by atoms with E-state index in [9.17, 15) is 0 Å². The van der Waals surface area contributed by atoms with Gasteiger partial charge in [0.25, 0.3) is 0 Å². The summed E-state index contributed by atoms with van der Waals surface area (Å²) in [6.07, 6.45) is 5.84. The summed E-state index contributed by atoms with van der Waals surface area (Å²) < 4.78 is 0. The second kappa shape index (κ2) is 8.54. The maximum absolute atomic E-state index is 3.89. The van der Waals surface area contributed by atoms with Crippen molar-refractivity contribution in [2.75, 3.05) is 0 Å². The molecular weight excluding hydrogens is 336 g/mol. The summed E-state index contributed by atoms with van der Waals surface area (Å²) in [5, 5.41) is 2.64. The molecule has 28 heavy (non-hydrogen) atoms. The fourth-order valence-corrected chi connectivity index (χ4v) is 3.79. The average molecular weight is 361 g/mol. The van der Waals surface area contributed by atoms with E-state index in [0.717, 1.165) is 12.8 Å². The minimum atomic E-state index is 0.902. The first-order valence-corrected chi connectivity index (χ1v) is 9.75. The Labute approximate surface area is 167 Å². The summed E-state index contributed by atoms with van der Waals surface area (Å²) in [7, 11) is 0. The Kier molecular flexibility index (Phi) is 5.49. The van der Waals surface area contributed by atoms with Crippen LogP contribution in [0.5, 0.6) is 0 Å². The van der Waals surface area contributed by atoms with Gasteiger partial charge in [0.2, 0.25) is 0 Å². The van der Waals surface area contributed by atoms with Gasteiger partial charge >= 0.3 is 0 Å². The van der Waals surface area contributed by atoms with Crippen molar-refractivity contribution in [3.05, 3.63) is 138 Å². The highest BCUT2D eigenvalue weighted by Gasteiger charge is 2.06. The van der Waals surface area contributed by atoms with Gasteiger partial charge in [-0.25, -0.2) is 0 Å². The molecule has 0 unspecified atom stereocenters. The fraction of sp³-hybridized carbons (Fsp3) is 0.0714. The highest BCUT2D eigenvalue weighted by Crippen LogP contribution is 2.24. The Bertz CT molecular complexity index is 1110. The summed E-state index contributed by atoms with van der Waals surface area (Å²) >= 11 is 0. The molecule has 0 atom stereocenters. The molecule has 0 saturated carbocycles. The van der Waals surface area contributed by atoms with Gasteiger partial charge in [-0.05, 0) is 51.4 Å². The van der Waals surface area contributed by atoms with Crippen LogP contribution in [0.1, 0.15) is 22.3 Å². The summed E-state index contributed by atoms with van der Waals surface area (Å²) in [5.74, 6) is 0. The molecule has 0 heterocycles. The standard InChI is InChI=1S/C28H24/c1-2-10-26(24-13-4-3-5-14-24)20-22-11-8-12-23(19-22)21-27-17-9-16-25-15-6-7-18-28(25)27/h2-19H,1,20-21H2/b26-10-. The highest BCUT2D eigenvalue weighted by atomic mass is 14.1. The van der Waals surface area contributed by atoms with Crippen LogP contribution in [0.4, 0.5) is 0 Å². The minimum Gasteiger partial charge on any atom is -0.0991 e. The minimum absolute atomic E-state index is 0.902. The number of benzene rings is 4.